The summed E-state index contributed by atoms with van der Waals surface area (Å²) < 4.78 is 21.6. The van der Waals surface area contributed by atoms with E-state index in [2.05, 4.69) is 16.9 Å². The predicted molar refractivity (Wildman–Crippen MR) is 53.2 cm³/mol. The standard InChI is InChI=1S/C8H15NO4S/c1-6(2)8(10)13-9-7(3)5-14(4,11)12/h7,9H,1,5H2,2-4H3. The maximum Gasteiger partial charge on any atom is 0.351 e. The Kier molecular flexibility index (Phi) is 4.79. The number of carbonyl (C=O) groups is 1. The van der Waals surface area contributed by atoms with Crippen molar-refractivity contribution < 1.29 is 18.0 Å². The molecule has 0 aromatic heterocycles. The molecule has 0 heterocycles. The van der Waals surface area contributed by atoms with Crippen LogP contribution < -0.4 is 5.48 Å². The van der Waals surface area contributed by atoms with Crippen molar-refractivity contribution in [2.24, 2.45) is 0 Å². The number of sulfone groups is 1. The van der Waals surface area contributed by atoms with Crippen molar-refractivity contribution in [1.29, 1.82) is 0 Å². The molecule has 0 aromatic rings. The van der Waals surface area contributed by atoms with Gasteiger partial charge in [0, 0.05) is 11.8 Å². The highest BCUT2D eigenvalue weighted by molar-refractivity contribution is 7.90. The zero-order valence-electron chi connectivity index (χ0n) is 8.53. The maximum atomic E-state index is 10.9. The first-order chi connectivity index (χ1) is 6.22. The lowest BCUT2D eigenvalue weighted by Gasteiger charge is -2.11. The average Bonchev–Trinajstić information content (AvgIpc) is 1.96. The summed E-state index contributed by atoms with van der Waals surface area (Å²) in [6.07, 6.45) is 1.12. The molecular weight excluding hydrogens is 206 g/mol. The predicted octanol–water partition coefficient (Wildman–Crippen LogP) is 0.0434. The van der Waals surface area contributed by atoms with Gasteiger partial charge in [-0.25, -0.2) is 13.2 Å². The van der Waals surface area contributed by atoms with Crippen LogP contribution >= 0.6 is 0 Å². The molecule has 0 aromatic carbocycles. The molecule has 0 aliphatic rings. The van der Waals surface area contributed by atoms with E-state index in [9.17, 15) is 13.2 Å². The highest BCUT2D eigenvalue weighted by Crippen LogP contribution is 1.93. The molecule has 0 aliphatic carbocycles. The molecule has 1 atom stereocenters. The van der Waals surface area contributed by atoms with Crippen LogP contribution in [0.5, 0.6) is 0 Å². The smallest absolute Gasteiger partial charge is 0.351 e. The molecule has 0 radical (unpaired) electrons. The molecule has 0 rings (SSSR count). The summed E-state index contributed by atoms with van der Waals surface area (Å²) in [5.74, 6) is -0.679. The second-order valence-corrected chi connectivity index (χ2v) is 5.47. The Morgan fingerprint density at radius 3 is 2.43 bits per heavy atom. The minimum Gasteiger partial charge on any atom is -0.367 e. The summed E-state index contributed by atoms with van der Waals surface area (Å²) in [7, 11) is -3.07. The van der Waals surface area contributed by atoms with Crippen molar-refractivity contribution in [3.63, 3.8) is 0 Å². The van der Waals surface area contributed by atoms with E-state index in [4.69, 9.17) is 0 Å². The normalized spacial score (nSPS) is 13.4. The van der Waals surface area contributed by atoms with Crippen molar-refractivity contribution in [1.82, 2.24) is 5.48 Å². The van der Waals surface area contributed by atoms with Gasteiger partial charge in [-0.05, 0) is 13.8 Å². The number of hydrogen-bond acceptors (Lipinski definition) is 5. The molecule has 6 heteroatoms. The molecule has 0 fully saturated rings. The summed E-state index contributed by atoms with van der Waals surface area (Å²) in [6, 6.07) is -0.437. The highest BCUT2D eigenvalue weighted by atomic mass is 32.2. The zero-order valence-corrected chi connectivity index (χ0v) is 9.35. The number of carbonyl (C=O) groups excluding carboxylic acids is 1. The van der Waals surface area contributed by atoms with E-state index in [1.54, 1.807) is 6.92 Å². The third-order valence-electron chi connectivity index (χ3n) is 1.25. The Morgan fingerprint density at radius 1 is 1.57 bits per heavy atom. The Hall–Kier alpha value is -0.880. The maximum absolute atomic E-state index is 10.9. The molecule has 0 saturated heterocycles. The average molecular weight is 221 g/mol. The van der Waals surface area contributed by atoms with E-state index in [0.29, 0.717) is 0 Å². The van der Waals surface area contributed by atoms with Crippen LogP contribution in [-0.2, 0) is 19.5 Å². The molecule has 0 bridgehead atoms. The Balaban J connectivity index is 3.92. The van der Waals surface area contributed by atoms with Crippen LogP contribution in [0.4, 0.5) is 0 Å². The van der Waals surface area contributed by atoms with Crippen LogP contribution in [0, 0.1) is 0 Å². The van der Waals surface area contributed by atoms with Crippen LogP contribution in [-0.4, -0.2) is 32.4 Å². The first-order valence-electron chi connectivity index (χ1n) is 4.02. The van der Waals surface area contributed by atoms with Crippen LogP contribution in [0.1, 0.15) is 13.8 Å². The quantitative estimate of drug-likeness (QED) is 0.524. The van der Waals surface area contributed by atoms with Gasteiger partial charge in [0.1, 0.15) is 9.84 Å². The summed E-state index contributed by atoms with van der Waals surface area (Å²) in [5, 5.41) is 0. The molecule has 0 spiro atoms. The lowest BCUT2D eigenvalue weighted by Crippen LogP contribution is -2.34. The van der Waals surface area contributed by atoms with Crippen molar-refractivity contribution in [3.8, 4) is 0 Å². The van der Waals surface area contributed by atoms with Gasteiger partial charge in [-0.15, -0.1) is 5.48 Å². The van der Waals surface area contributed by atoms with Gasteiger partial charge in [0.15, 0.2) is 0 Å². The van der Waals surface area contributed by atoms with Crippen molar-refractivity contribution in [3.05, 3.63) is 12.2 Å². The minimum absolute atomic E-state index is 0.0868. The van der Waals surface area contributed by atoms with E-state index in [1.807, 2.05) is 0 Å². The topological polar surface area (TPSA) is 72.5 Å². The van der Waals surface area contributed by atoms with E-state index in [1.165, 1.54) is 6.92 Å². The van der Waals surface area contributed by atoms with Crippen LogP contribution in [0.15, 0.2) is 12.2 Å². The fourth-order valence-corrected chi connectivity index (χ4v) is 1.71. The van der Waals surface area contributed by atoms with Gasteiger partial charge >= 0.3 is 5.97 Å². The third kappa shape index (κ3) is 6.62. The zero-order chi connectivity index (χ0) is 11.4. The molecule has 1 N–H and O–H groups in total. The Labute approximate surface area is 84.0 Å². The summed E-state index contributed by atoms with van der Waals surface area (Å²) in [6.45, 7) is 6.48. The largest absolute Gasteiger partial charge is 0.367 e. The lowest BCUT2D eigenvalue weighted by atomic mass is 10.4. The molecular formula is C8H15NO4S. The number of hydroxylamine groups is 1. The Bertz CT molecular complexity index is 320. The number of rotatable bonds is 5. The number of hydrogen-bond donors (Lipinski definition) is 1. The van der Waals surface area contributed by atoms with Crippen LogP contribution in [0.2, 0.25) is 0 Å². The molecule has 0 aliphatic heterocycles. The first kappa shape index (κ1) is 13.1. The summed E-state index contributed by atoms with van der Waals surface area (Å²) in [5.41, 5.74) is 2.58. The molecule has 0 saturated carbocycles. The minimum atomic E-state index is -3.07. The van der Waals surface area contributed by atoms with Crippen molar-refractivity contribution >= 4 is 15.8 Å². The van der Waals surface area contributed by atoms with Gasteiger partial charge in [0.2, 0.25) is 0 Å². The molecule has 5 nitrogen and oxygen atoms in total. The summed E-state index contributed by atoms with van der Waals surface area (Å²) in [4.78, 5) is 15.4. The van der Waals surface area contributed by atoms with Gasteiger partial charge in [0.25, 0.3) is 0 Å². The monoisotopic (exact) mass is 221 g/mol. The van der Waals surface area contributed by atoms with E-state index in [-0.39, 0.29) is 11.3 Å². The first-order valence-corrected chi connectivity index (χ1v) is 6.08. The van der Waals surface area contributed by atoms with Gasteiger partial charge in [0.05, 0.1) is 11.8 Å². The summed E-state index contributed by atoms with van der Waals surface area (Å²) >= 11 is 0. The lowest BCUT2D eigenvalue weighted by molar-refractivity contribution is -0.147. The third-order valence-corrected chi connectivity index (χ3v) is 2.36. The van der Waals surface area contributed by atoms with Crippen molar-refractivity contribution in [2.75, 3.05) is 12.0 Å². The van der Waals surface area contributed by atoms with Gasteiger partial charge in [-0.2, -0.15) is 0 Å². The molecule has 1 unspecified atom stereocenters. The van der Waals surface area contributed by atoms with E-state index < -0.39 is 21.8 Å². The fourth-order valence-electron chi connectivity index (χ4n) is 0.729. The van der Waals surface area contributed by atoms with Crippen LogP contribution in [0.3, 0.4) is 0 Å². The SMILES string of the molecule is C=C(C)C(=O)ONC(C)CS(C)(=O)=O. The highest BCUT2D eigenvalue weighted by Gasteiger charge is 2.12. The number of nitrogens with one attached hydrogen (secondary N) is 1. The molecule has 14 heavy (non-hydrogen) atoms. The van der Waals surface area contributed by atoms with Gasteiger partial charge in [-0.3, -0.25) is 0 Å². The van der Waals surface area contributed by atoms with Crippen LogP contribution in [0.25, 0.3) is 0 Å². The molecule has 82 valence electrons. The fraction of sp³-hybridized carbons (Fsp3) is 0.625. The van der Waals surface area contributed by atoms with Gasteiger partial charge < -0.3 is 4.84 Å². The van der Waals surface area contributed by atoms with E-state index in [0.717, 1.165) is 6.26 Å². The van der Waals surface area contributed by atoms with Gasteiger partial charge in [-0.1, -0.05) is 6.58 Å². The van der Waals surface area contributed by atoms with Crippen molar-refractivity contribution in [2.45, 2.75) is 19.9 Å². The second-order valence-electron chi connectivity index (χ2n) is 3.28. The van der Waals surface area contributed by atoms with E-state index >= 15 is 0 Å². The molecule has 0 amide bonds. The second kappa shape index (κ2) is 5.11. The Morgan fingerprint density at radius 2 is 2.07 bits per heavy atom.